The summed E-state index contributed by atoms with van der Waals surface area (Å²) in [5.41, 5.74) is 2.89. The van der Waals surface area contributed by atoms with Crippen molar-refractivity contribution in [3.63, 3.8) is 0 Å². The lowest BCUT2D eigenvalue weighted by molar-refractivity contribution is -0.221. The van der Waals surface area contributed by atoms with Gasteiger partial charge in [-0.25, -0.2) is 5.84 Å². The van der Waals surface area contributed by atoms with Gasteiger partial charge in [-0.2, -0.15) is 4.89 Å². The van der Waals surface area contributed by atoms with Gasteiger partial charge in [0.25, 0.3) is 0 Å². The maximum Gasteiger partial charge on any atom is 0.244 e. The molecule has 0 saturated heterocycles. The lowest BCUT2D eigenvalue weighted by Gasteiger charge is -2.22. The first-order chi connectivity index (χ1) is 6.83. The highest BCUT2D eigenvalue weighted by molar-refractivity contribution is 5.84. The predicted octanol–water partition coefficient (Wildman–Crippen LogP) is 0.0841. The number of nitrogens with two attached hydrogens (primary N) is 1. The summed E-state index contributed by atoms with van der Waals surface area (Å²) in [5.74, 6) is 4.95. The van der Waals surface area contributed by atoms with E-state index in [0.717, 1.165) is 5.56 Å². The second kappa shape index (κ2) is 3.65. The quantitative estimate of drug-likeness (QED) is 0.287. The van der Waals surface area contributed by atoms with Crippen LogP contribution >= 0.6 is 0 Å². The first kappa shape index (κ1) is 8.98. The Labute approximate surface area is 80.7 Å². The normalized spacial score (nSPS) is 19.4. The Morgan fingerprint density at radius 2 is 2.29 bits per heavy atom. The molecule has 0 fully saturated rings. The van der Waals surface area contributed by atoms with Gasteiger partial charge < -0.3 is 4.89 Å². The molecule has 0 aliphatic carbocycles. The lowest BCUT2D eigenvalue weighted by atomic mass is 9.98. The molecule has 3 N–H and O–H groups in total. The van der Waals surface area contributed by atoms with E-state index in [-0.39, 0.29) is 12.5 Å². The largest absolute Gasteiger partial charge is 0.337 e. The number of nitrogens with one attached hydrogen (secondary N) is 1. The van der Waals surface area contributed by atoms with Crippen LogP contribution in [0.3, 0.4) is 0 Å². The van der Waals surface area contributed by atoms with Gasteiger partial charge >= 0.3 is 0 Å². The predicted molar refractivity (Wildman–Crippen MR) is 48.1 cm³/mol. The fraction of sp³-hybridized carbons (Fsp3) is 0.222. The number of hydrogen-bond acceptors (Lipinski definition) is 4. The number of hydrogen-bond donors (Lipinski definition) is 2. The molecule has 1 heterocycles. The minimum Gasteiger partial charge on any atom is -0.337 e. The topological polar surface area (TPSA) is 73.6 Å². The molecule has 1 aromatic rings. The SMILES string of the molecule is NNC(=O)C1COOc2ccccc21. The summed E-state index contributed by atoms with van der Waals surface area (Å²) in [6.07, 6.45) is 0. The highest BCUT2D eigenvalue weighted by Crippen LogP contribution is 2.30. The van der Waals surface area contributed by atoms with Crippen LogP contribution in [0.2, 0.25) is 0 Å². The number of benzene rings is 1. The summed E-state index contributed by atoms with van der Waals surface area (Å²) >= 11 is 0. The van der Waals surface area contributed by atoms with E-state index in [1.165, 1.54) is 0 Å². The van der Waals surface area contributed by atoms with E-state index in [2.05, 4.69) is 5.43 Å². The van der Waals surface area contributed by atoms with Gasteiger partial charge in [-0.15, -0.1) is 0 Å². The van der Waals surface area contributed by atoms with E-state index < -0.39 is 5.92 Å². The highest BCUT2D eigenvalue weighted by Gasteiger charge is 2.28. The van der Waals surface area contributed by atoms with E-state index >= 15 is 0 Å². The molecule has 5 nitrogen and oxygen atoms in total. The van der Waals surface area contributed by atoms with Crippen molar-refractivity contribution in [1.82, 2.24) is 5.43 Å². The van der Waals surface area contributed by atoms with Crippen molar-refractivity contribution in [2.45, 2.75) is 5.92 Å². The van der Waals surface area contributed by atoms with Gasteiger partial charge in [-0.05, 0) is 6.07 Å². The number of carbonyl (C=O) groups excluding carboxylic acids is 1. The van der Waals surface area contributed by atoms with Gasteiger partial charge in [0.2, 0.25) is 5.91 Å². The fourth-order valence-corrected chi connectivity index (χ4v) is 1.42. The van der Waals surface area contributed by atoms with Crippen molar-refractivity contribution in [2.75, 3.05) is 6.61 Å². The second-order valence-corrected chi connectivity index (χ2v) is 2.97. The monoisotopic (exact) mass is 194 g/mol. The molecule has 14 heavy (non-hydrogen) atoms. The Bertz CT molecular complexity index is 354. The average Bonchev–Trinajstić information content (AvgIpc) is 2.27. The van der Waals surface area contributed by atoms with Crippen molar-refractivity contribution < 1.29 is 14.6 Å². The van der Waals surface area contributed by atoms with E-state index in [9.17, 15) is 4.79 Å². The molecule has 0 aromatic heterocycles. The zero-order valence-electron chi connectivity index (χ0n) is 7.40. The smallest absolute Gasteiger partial charge is 0.244 e. The molecule has 0 radical (unpaired) electrons. The maximum atomic E-state index is 11.4. The standard InChI is InChI=1S/C9H10N2O3/c10-11-9(12)7-5-13-14-8-4-2-1-3-6(7)8/h1-4,7H,5,10H2,(H,11,12). The zero-order valence-corrected chi connectivity index (χ0v) is 7.40. The molecule has 1 aliphatic heterocycles. The lowest BCUT2D eigenvalue weighted by Crippen LogP contribution is -2.38. The molecular formula is C9H10N2O3. The Kier molecular flexibility index (Phi) is 2.34. The van der Waals surface area contributed by atoms with E-state index in [0.29, 0.717) is 5.75 Å². The average molecular weight is 194 g/mol. The molecule has 0 spiro atoms. The molecule has 0 saturated carbocycles. The third kappa shape index (κ3) is 1.43. The van der Waals surface area contributed by atoms with Crippen molar-refractivity contribution in [3.05, 3.63) is 29.8 Å². The number of rotatable bonds is 1. The van der Waals surface area contributed by atoms with Crippen LogP contribution < -0.4 is 16.2 Å². The molecule has 1 unspecified atom stereocenters. The Balaban J connectivity index is 2.35. The van der Waals surface area contributed by atoms with Crippen LogP contribution in [-0.4, -0.2) is 12.5 Å². The van der Waals surface area contributed by atoms with Gasteiger partial charge in [-0.1, -0.05) is 18.2 Å². The molecule has 74 valence electrons. The third-order valence-corrected chi connectivity index (χ3v) is 2.14. The van der Waals surface area contributed by atoms with Gasteiger partial charge in [0, 0.05) is 5.56 Å². The number of hydrazine groups is 1. The summed E-state index contributed by atoms with van der Waals surface area (Å²) in [5, 5.41) is 0. The van der Waals surface area contributed by atoms with Crippen LogP contribution in [0.4, 0.5) is 0 Å². The minimum absolute atomic E-state index is 0.181. The maximum absolute atomic E-state index is 11.4. The summed E-state index contributed by atoms with van der Waals surface area (Å²) in [6.45, 7) is 0.181. The molecule has 1 aromatic carbocycles. The Hall–Kier alpha value is -1.59. The molecule has 2 rings (SSSR count). The Morgan fingerprint density at radius 1 is 1.50 bits per heavy atom. The van der Waals surface area contributed by atoms with Crippen LogP contribution in [0, 0.1) is 0 Å². The number of amides is 1. The van der Waals surface area contributed by atoms with Crippen LogP contribution in [0.5, 0.6) is 5.75 Å². The minimum atomic E-state index is -0.398. The van der Waals surface area contributed by atoms with E-state index in [1.54, 1.807) is 6.07 Å². The molecular weight excluding hydrogens is 184 g/mol. The number of carbonyl (C=O) groups is 1. The molecule has 1 amide bonds. The molecule has 1 aliphatic rings. The van der Waals surface area contributed by atoms with Crippen LogP contribution in [0.1, 0.15) is 11.5 Å². The summed E-state index contributed by atoms with van der Waals surface area (Å²) in [7, 11) is 0. The summed E-state index contributed by atoms with van der Waals surface area (Å²) < 4.78 is 0. The van der Waals surface area contributed by atoms with Gasteiger partial charge in [-0.3, -0.25) is 10.2 Å². The third-order valence-electron chi connectivity index (χ3n) is 2.14. The second-order valence-electron chi connectivity index (χ2n) is 2.97. The van der Waals surface area contributed by atoms with Crippen molar-refractivity contribution >= 4 is 5.91 Å². The first-order valence-corrected chi connectivity index (χ1v) is 4.22. The molecule has 5 heteroatoms. The first-order valence-electron chi connectivity index (χ1n) is 4.22. The van der Waals surface area contributed by atoms with Crippen LogP contribution in [0.25, 0.3) is 0 Å². The molecule has 1 atom stereocenters. The van der Waals surface area contributed by atoms with Gasteiger partial charge in [0.15, 0.2) is 5.75 Å². The van der Waals surface area contributed by atoms with Crippen molar-refractivity contribution in [1.29, 1.82) is 0 Å². The zero-order chi connectivity index (χ0) is 9.97. The van der Waals surface area contributed by atoms with Gasteiger partial charge in [0.05, 0.1) is 5.92 Å². The summed E-state index contributed by atoms with van der Waals surface area (Å²) in [6, 6.07) is 7.21. The van der Waals surface area contributed by atoms with E-state index in [4.69, 9.17) is 15.6 Å². The number of fused-ring (bicyclic) bond motifs is 1. The van der Waals surface area contributed by atoms with Crippen molar-refractivity contribution in [3.8, 4) is 5.75 Å². The number of para-hydroxylation sites is 1. The molecule has 0 bridgehead atoms. The fourth-order valence-electron chi connectivity index (χ4n) is 1.42. The van der Waals surface area contributed by atoms with Crippen LogP contribution in [0.15, 0.2) is 24.3 Å². The highest BCUT2D eigenvalue weighted by atomic mass is 17.2. The Morgan fingerprint density at radius 3 is 3.07 bits per heavy atom. The van der Waals surface area contributed by atoms with Crippen LogP contribution in [-0.2, 0) is 9.68 Å². The van der Waals surface area contributed by atoms with Crippen molar-refractivity contribution in [2.24, 2.45) is 5.84 Å². The van der Waals surface area contributed by atoms with Gasteiger partial charge in [0.1, 0.15) is 6.61 Å². The van der Waals surface area contributed by atoms with E-state index in [1.807, 2.05) is 18.2 Å². The summed E-state index contributed by atoms with van der Waals surface area (Å²) in [4.78, 5) is 21.1.